The zero-order chi connectivity index (χ0) is 8.54. The maximum absolute atomic E-state index is 9.00. The van der Waals surface area contributed by atoms with Gasteiger partial charge in [-0.1, -0.05) is 0 Å². The third kappa shape index (κ3) is 2.15. The Morgan fingerprint density at radius 1 is 1.55 bits per heavy atom. The molecule has 0 aromatic heterocycles. The summed E-state index contributed by atoms with van der Waals surface area (Å²) in [6, 6.07) is 0. The molecule has 3 nitrogen and oxygen atoms in total. The van der Waals surface area contributed by atoms with Crippen LogP contribution in [0.5, 0.6) is 0 Å². The maximum atomic E-state index is 9.00. The molecular weight excluding hydrogens is 142 g/mol. The van der Waals surface area contributed by atoms with Crippen LogP contribution in [0.4, 0.5) is 0 Å². The lowest BCUT2D eigenvalue weighted by Gasteiger charge is -2.41. The fourth-order valence-corrected chi connectivity index (χ4v) is 1.65. The highest BCUT2D eigenvalue weighted by molar-refractivity contribution is 4.93. The standard InChI is InChI=1S/C8H17NO2/c1-7(2)5-8(9,6-10)3-4-11-7/h10H,3-6,9H2,1-2H3. The van der Waals surface area contributed by atoms with Gasteiger partial charge in [0.1, 0.15) is 0 Å². The molecular formula is C8H17NO2. The molecule has 1 rings (SSSR count). The summed E-state index contributed by atoms with van der Waals surface area (Å²) in [4.78, 5) is 0. The van der Waals surface area contributed by atoms with Gasteiger partial charge in [0.2, 0.25) is 0 Å². The predicted octanol–water partition coefficient (Wildman–Crippen LogP) is 0.265. The molecule has 0 aliphatic carbocycles. The van der Waals surface area contributed by atoms with E-state index in [0.29, 0.717) is 6.61 Å². The van der Waals surface area contributed by atoms with Crippen molar-refractivity contribution in [3.05, 3.63) is 0 Å². The smallest absolute Gasteiger partial charge is 0.0644 e. The van der Waals surface area contributed by atoms with E-state index in [1.807, 2.05) is 13.8 Å². The molecule has 0 bridgehead atoms. The summed E-state index contributed by atoms with van der Waals surface area (Å²) in [6.07, 6.45) is 1.49. The summed E-state index contributed by atoms with van der Waals surface area (Å²) in [7, 11) is 0. The van der Waals surface area contributed by atoms with E-state index in [2.05, 4.69) is 0 Å². The van der Waals surface area contributed by atoms with Crippen LogP contribution in [0.25, 0.3) is 0 Å². The lowest BCUT2D eigenvalue weighted by Crippen LogP contribution is -2.54. The summed E-state index contributed by atoms with van der Waals surface area (Å²) in [5.41, 5.74) is 5.32. The molecule has 0 saturated carbocycles. The van der Waals surface area contributed by atoms with Crippen LogP contribution in [0.2, 0.25) is 0 Å². The zero-order valence-electron chi connectivity index (χ0n) is 7.26. The summed E-state index contributed by atoms with van der Waals surface area (Å²) >= 11 is 0. The van der Waals surface area contributed by atoms with Crippen LogP contribution >= 0.6 is 0 Å². The Morgan fingerprint density at radius 2 is 2.18 bits per heavy atom. The number of ether oxygens (including phenoxy) is 1. The fraction of sp³-hybridized carbons (Fsp3) is 1.00. The monoisotopic (exact) mass is 159 g/mol. The topological polar surface area (TPSA) is 55.5 Å². The van der Waals surface area contributed by atoms with Gasteiger partial charge in [-0.3, -0.25) is 0 Å². The molecule has 0 radical (unpaired) electrons. The predicted molar refractivity (Wildman–Crippen MR) is 43.3 cm³/mol. The van der Waals surface area contributed by atoms with Gasteiger partial charge in [-0.2, -0.15) is 0 Å². The third-order valence-corrected chi connectivity index (χ3v) is 2.19. The largest absolute Gasteiger partial charge is 0.394 e. The summed E-state index contributed by atoms with van der Waals surface area (Å²) in [6.45, 7) is 4.72. The van der Waals surface area contributed by atoms with Crippen LogP contribution in [0.3, 0.4) is 0 Å². The third-order valence-electron chi connectivity index (χ3n) is 2.19. The van der Waals surface area contributed by atoms with Gasteiger partial charge in [-0.15, -0.1) is 0 Å². The molecule has 0 aromatic rings. The number of rotatable bonds is 1. The second kappa shape index (κ2) is 2.73. The Kier molecular flexibility index (Phi) is 2.23. The lowest BCUT2D eigenvalue weighted by molar-refractivity contribution is -0.0887. The van der Waals surface area contributed by atoms with E-state index in [1.54, 1.807) is 0 Å². The molecule has 1 aliphatic heterocycles. The van der Waals surface area contributed by atoms with Crippen LogP contribution in [-0.2, 0) is 4.74 Å². The van der Waals surface area contributed by atoms with Crippen LogP contribution < -0.4 is 5.73 Å². The van der Waals surface area contributed by atoms with E-state index < -0.39 is 5.54 Å². The van der Waals surface area contributed by atoms with Crippen molar-refractivity contribution in [1.82, 2.24) is 0 Å². The Bertz CT molecular complexity index is 147. The van der Waals surface area contributed by atoms with Crippen molar-refractivity contribution in [3.63, 3.8) is 0 Å². The van der Waals surface area contributed by atoms with Gasteiger partial charge >= 0.3 is 0 Å². The minimum absolute atomic E-state index is 0.0553. The van der Waals surface area contributed by atoms with E-state index >= 15 is 0 Å². The molecule has 3 heteroatoms. The Hall–Kier alpha value is -0.120. The minimum Gasteiger partial charge on any atom is -0.394 e. The number of hydrogen-bond acceptors (Lipinski definition) is 3. The Morgan fingerprint density at radius 3 is 2.55 bits per heavy atom. The van der Waals surface area contributed by atoms with Crippen molar-refractivity contribution in [1.29, 1.82) is 0 Å². The lowest BCUT2D eigenvalue weighted by atomic mass is 9.83. The molecule has 0 aromatic carbocycles. The second-order valence-corrected chi connectivity index (χ2v) is 4.06. The van der Waals surface area contributed by atoms with Crippen molar-refractivity contribution in [2.45, 2.75) is 37.8 Å². The van der Waals surface area contributed by atoms with Gasteiger partial charge < -0.3 is 15.6 Å². The van der Waals surface area contributed by atoms with Crippen molar-refractivity contribution in [2.24, 2.45) is 5.73 Å². The molecule has 11 heavy (non-hydrogen) atoms. The quantitative estimate of drug-likeness (QED) is 0.577. The van der Waals surface area contributed by atoms with Crippen LogP contribution in [0.1, 0.15) is 26.7 Å². The highest BCUT2D eigenvalue weighted by atomic mass is 16.5. The maximum Gasteiger partial charge on any atom is 0.0644 e. The first kappa shape index (κ1) is 8.97. The highest BCUT2D eigenvalue weighted by Gasteiger charge is 2.37. The van der Waals surface area contributed by atoms with Crippen molar-refractivity contribution < 1.29 is 9.84 Å². The van der Waals surface area contributed by atoms with Crippen LogP contribution in [0, 0.1) is 0 Å². The van der Waals surface area contributed by atoms with Gasteiger partial charge in [0.25, 0.3) is 0 Å². The first-order valence-corrected chi connectivity index (χ1v) is 4.01. The average molecular weight is 159 g/mol. The molecule has 3 N–H and O–H groups in total. The molecule has 1 heterocycles. The molecule has 1 aliphatic rings. The van der Waals surface area contributed by atoms with Crippen LogP contribution in [-0.4, -0.2) is 29.5 Å². The fourth-order valence-electron chi connectivity index (χ4n) is 1.65. The molecule has 1 saturated heterocycles. The molecule has 1 atom stereocenters. The van der Waals surface area contributed by atoms with E-state index in [9.17, 15) is 0 Å². The number of aliphatic hydroxyl groups excluding tert-OH is 1. The number of nitrogens with two attached hydrogens (primary N) is 1. The Balaban J connectivity index is 2.59. The van der Waals surface area contributed by atoms with Gasteiger partial charge in [0, 0.05) is 12.1 Å². The van der Waals surface area contributed by atoms with Crippen molar-refractivity contribution in [2.75, 3.05) is 13.2 Å². The molecule has 0 amide bonds. The van der Waals surface area contributed by atoms with E-state index in [-0.39, 0.29) is 12.2 Å². The summed E-state index contributed by atoms with van der Waals surface area (Å²) in [5.74, 6) is 0. The summed E-state index contributed by atoms with van der Waals surface area (Å²) < 4.78 is 5.47. The van der Waals surface area contributed by atoms with Crippen LogP contribution in [0.15, 0.2) is 0 Å². The highest BCUT2D eigenvalue weighted by Crippen LogP contribution is 2.29. The molecule has 1 fully saturated rings. The van der Waals surface area contributed by atoms with E-state index in [4.69, 9.17) is 15.6 Å². The first-order chi connectivity index (χ1) is 4.97. The van der Waals surface area contributed by atoms with E-state index in [0.717, 1.165) is 12.8 Å². The SMILES string of the molecule is CC1(C)CC(N)(CO)CCO1. The second-order valence-electron chi connectivity index (χ2n) is 4.06. The number of hydrogen-bond donors (Lipinski definition) is 2. The Labute approximate surface area is 67.5 Å². The van der Waals surface area contributed by atoms with Gasteiger partial charge in [-0.05, 0) is 26.7 Å². The first-order valence-electron chi connectivity index (χ1n) is 4.01. The molecule has 1 unspecified atom stereocenters. The molecule has 0 spiro atoms. The van der Waals surface area contributed by atoms with E-state index in [1.165, 1.54) is 0 Å². The van der Waals surface area contributed by atoms with Gasteiger partial charge in [0.15, 0.2) is 0 Å². The van der Waals surface area contributed by atoms with Crippen molar-refractivity contribution >= 4 is 0 Å². The van der Waals surface area contributed by atoms with Crippen molar-refractivity contribution in [3.8, 4) is 0 Å². The number of aliphatic hydroxyl groups is 1. The minimum atomic E-state index is -0.415. The normalized spacial score (nSPS) is 37.1. The zero-order valence-corrected chi connectivity index (χ0v) is 7.26. The van der Waals surface area contributed by atoms with Gasteiger partial charge in [-0.25, -0.2) is 0 Å². The van der Waals surface area contributed by atoms with Gasteiger partial charge in [0.05, 0.1) is 12.2 Å². The average Bonchev–Trinajstić information content (AvgIpc) is 1.85. The molecule has 66 valence electrons. The summed E-state index contributed by atoms with van der Waals surface area (Å²) in [5, 5.41) is 9.00.